The average molecular weight is 302 g/mol. The van der Waals surface area contributed by atoms with Gasteiger partial charge in [0.15, 0.2) is 0 Å². The Kier molecular flexibility index (Phi) is 3.04. The van der Waals surface area contributed by atoms with Crippen LogP contribution >= 0.6 is 0 Å². The van der Waals surface area contributed by atoms with Crippen LogP contribution < -0.4 is 0 Å². The van der Waals surface area contributed by atoms with Gasteiger partial charge in [-0.05, 0) is 31.7 Å². The number of amides is 1. The number of hydrogen-bond acceptors (Lipinski definition) is 5. The number of nitrogens with zero attached hydrogens (tertiary/aromatic N) is 3. The summed E-state index contributed by atoms with van der Waals surface area (Å²) in [5.74, 6) is 1.10. The fourth-order valence-electron chi connectivity index (χ4n) is 3.17. The molecule has 0 aromatic carbocycles. The highest BCUT2D eigenvalue weighted by Gasteiger charge is 2.40. The van der Waals surface area contributed by atoms with Crippen LogP contribution in [0.4, 0.5) is 0 Å². The minimum Gasteiger partial charge on any atom is -0.468 e. The highest BCUT2D eigenvalue weighted by molar-refractivity contribution is 5.95. The van der Waals surface area contributed by atoms with Crippen molar-refractivity contribution in [1.82, 2.24) is 20.3 Å². The quantitative estimate of drug-likeness (QED) is 0.893. The minimum atomic E-state index is -1.13. The van der Waals surface area contributed by atoms with E-state index in [1.54, 1.807) is 17.2 Å². The number of aromatic nitrogens is 3. The summed E-state index contributed by atoms with van der Waals surface area (Å²) in [6.45, 7) is 0.863. The Hall–Kier alpha value is -2.15. The largest absolute Gasteiger partial charge is 0.468 e. The van der Waals surface area contributed by atoms with E-state index in [-0.39, 0.29) is 12.5 Å². The normalized spacial score (nSPS) is 25.4. The molecule has 1 aliphatic carbocycles. The van der Waals surface area contributed by atoms with E-state index in [2.05, 4.69) is 15.4 Å². The number of H-pyrrole nitrogens is 1. The average Bonchev–Trinajstić information content (AvgIpc) is 3.05. The monoisotopic (exact) mass is 302 g/mol. The molecule has 1 saturated carbocycles. The van der Waals surface area contributed by atoms with Gasteiger partial charge in [0.05, 0.1) is 24.6 Å². The molecule has 116 valence electrons. The molecule has 4 rings (SSSR count). The van der Waals surface area contributed by atoms with Crippen LogP contribution in [0, 0.1) is 0 Å². The third kappa shape index (κ3) is 2.21. The lowest BCUT2D eigenvalue weighted by molar-refractivity contribution is -0.0321. The van der Waals surface area contributed by atoms with Crippen LogP contribution in [-0.2, 0) is 5.60 Å². The molecule has 22 heavy (non-hydrogen) atoms. The SMILES string of the molecule is O=C(c1ccoc1C1CC1)N1CCC[C@](O)(c2cn[nH]n2)C1. The molecule has 1 aliphatic heterocycles. The molecule has 2 N–H and O–H groups in total. The molecular formula is C15H18N4O3. The van der Waals surface area contributed by atoms with Crippen molar-refractivity contribution in [3.63, 3.8) is 0 Å². The van der Waals surface area contributed by atoms with E-state index in [1.807, 2.05) is 0 Å². The molecule has 2 aromatic heterocycles. The number of rotatable bonds is 3. The maximum Gasteiger partial charge on any atom is 0.257 e. The van der Waals surface area contributed by atoms with Crippen molar-refractivity contribution in [1.29, 1.82) is 0 Å². The topological polar surface area (TPSA) is 95.3 Å². The Bertz CT molecular complexity index is 677. The van der Waals surface area contributed by atoms with E-state index in [0.29, 0.717) is 30.1 Å². The predicted octanol–water partition coefficient (Wildman–Crippen LogP) is 1.40. The van der Waals surface area contributed by atoms with Crippen molar-refractivity contribution in [3.05, 3.63) is 35.5 Å². The lowest BCUT2D eigenvalue weighted by Crippen LogP contribution is -2.48. The lowest BCUT2D eigenvalue weighted by Gasteiger charge is -2.37. The maximum absolute atomic E-state index is 12.8. The number of aliphatic hydroxyl groups is 1. The third-order valence-corrected chi connectivity index (χ3v) is 4.52. The van der Waals surface area contributed by atoms with Crippen molar-refractivity contribution in [2.45, 2.75) is 37.2 Å². The molecule has 0 radical (unpaired) electrons. The van der Waals surface area contributed by atoms with Gasteiger partial charge >= 0.3 is 0 Å². The highest BCUT2D eigenvalue weighted by Crippen LogP contribution is 2.42. The predicted molar refractivity (Wildman–Crippen MR) is 76.1 cm³/mol. The molecule has 1 saturated heterocycles. The summed E-state index contributed by atoms with van der Waals surface area (Å²) in [4.78, 5) is 14.5. The van der Waals surface area contributed by atoms with Gasteiger partial charge in [-0.3, -0.25) is 4.79 Å². The molecule has 1 amide bonds. The fourth-order valence-corrected chi connectivity index (χ4v) is 3.17. The molecule has 2 aliphatic rings. The Morgan fingerprint density at radius 2 is 2.36 bits per heavy atom. The second kappa shape index (κ2) is 4.95. The van der Waals surface area contributed by atoms with E-state index in [0.717, 1.165) is 25.0 Å². The number of nitrogens with one attached hydrogen (secondary N) is 1. The van der Waals surface area contributed by atoms with Crippen LogP contribution in [0.3, 0.4) is 0 Å². The zero-order valence-electron chi connectivity index (χ0n) is 12.2. The first kappa shape index (κ1) is 13.5. The van der Waals surface area contributed by atoms with Crippen molar-refractivity contribution >= 4 is 5.91 Å². The van der Waals surface area contributed by atoms with Crippen molar-refractivity contribution in [2.75, 3.05) is 13.1 Å². The van der Waals surface area contributed by atoms with Crippen LogP contribution in [0.25, 0.3) is 0 Å². The number of likely N-dealkylation sites (tertiary alicyclic amines) is 1. The molecule has 0 unspecified atom stereocenters. The van der Waals surface area contributed by atoms with Crippen molar-refractivity contribution in [3.8, 4) is 0 Å². The summed E-state index contributed by atoms with van der Waals surface area (Å²) in [6, 6.07) is 1.74. The molecule has 7 heteroatoms. The minimum absolute atomic E-state index is 0.0720. The van der Waals surface area contributed by atoms with Gasteiger partial charge in [-0.2, -0.15) is 15.4 Å². The summed E-state index contributed by atoms with van der Waals surface area (Å²) in [6.07, 6.45) is 6.55. The zero-order chi connectivity index (χ0) is 15.2. The van der Waals surface area contributed by atoms with Crippen molar-refractivity contribution < 1.29 is 14.3 Å². The first-order valence-electron chi connectivity index (χ1n) is 7.63. The van der Waals surface area contributed by atoms with E-state index < -0.39 is 5.60 Å². The summed E-state index contributed by atoms with van der Waals surface area (Å²) in [5, 5.41) is 21.1. The van der Waals surface area contributed by atoms with Gasteiger partial charge in [-0.1, -0.05) is 0 Å². The van der Waals surface area contributed by atoms with Gasteiger partial charge in [-0.15, -0.1) is 0 Å². The fraction of sp³-hybridized carbons (Fsp3) is 0.533. The van der Waals surface area contributed by atoms with Crippen LogP contribution in [-0.4, -0.2) is 44.4 Å². The molecule has 1 atom stereocenters. The highest BCUT2D eigenvalue weighted by atomic mass is 16.3. The van der Waals surface area contributed by atoms with Gasteiger partial charge in [0.25, 0.3) is 5.91 Å². The third-order valence-electron chi connectivity index (χ3n) is 4.52. The maximum atomic E-state index is 12.8. The van der Waals surface area contributed by atoms with E-state index in [4.69, 9.17) is 4.42 Å². The van der Waals surface area contributed by atoms with Gasteiger partial charge in [0.1, 0.15) is 17.1 Å². The summed E-state index contributed by atoms with van der Waals surface area (Å²) < 4.78 is 5.49. The summed E-state index contributed by atoms with van der Waals surface area (Å²) in [7, 11) is 0. The van der Waals surface area contributed by atoms with E-state index in [1.165, 1.54) is 6.20 Å². The number of furan rings is 1. The first-order chi connectivity index (χ1) is 10.7. The van der Waals surface area contributed by atoms with Crippen LogP contribution in [0.15, 0.2) is 22.9 Å². The summed E-state index contributed by atoms with van der Waals surface area (Å²) >= 11 is 0. The Balaban J connectivity index is 1.57. The van der Waals surface area contributed by atoms with Gasteiger partial charge < -0.3 is 14.4 Å². The van der Waals surface area contributed by atoms with Crippen LogP contribution in [0.5, 0.6) is 0 Å². The number of aromatic amines is 1. The lowest BCUT2D eigenvalue weighted by atomic mass is 9.89. The molecule has 7 nitrogen and oxygen atoms in total. The molecule has 0 bridgehead atoms. The molecule has 0 spiro atoms. The number of carbonyl (C=O) groups excluding carboxylic acids is 1. The molecule has 2 fully saturated rings. The Morgan fingerprint density at radius 1 is 1.50 bits per heavy atom. The van der Waals surface area contributed by atoms with E-state index in [9.17, 15) is 9.90 Å². The number of piperidine rings is 1. The first-order valence-corrected chi connectivity index (χ1v) is 7.63. The van der Waals surface area contributed by atoms with Crippen molar-refractivity contribution in [2.24, 2.45) is 0 Å². The molecule has 2 aromatic rings. The number of β-amino-alcohol motifs (C(OH)–C–C–N with tert-alkyl or cyclic N) is 1. The number of hydrogen-bond donors (Lipinski definition) is 2. The van der Waals surface area contributed by atoms with Crippen LogP contribution in [0.2, 0.25) is 0 Å². The van der Waals surface area contributed by atoms with Gasteiger partial charge in [0.2, 0.25) is 0 Å². The standard InChI is InChI=1S/C15H18N4O3/c20-14(11-4-7-22-13(11)10-2-3-10)19-6-1-5-15(21,9-19)12-8-16-18-17-12/h4,7-8,10,21H,1-3,5-6,9H2,(H,16,17,18)/t15-/m1/s1. The zero-order valence-corrected chi connectivity index (χ0v) is 12.2. The Morgan fingerprint density at radius 3 is 3.09 bits per heavy atom. The van der Waals surface area contributed by atoms with E-state index >= 15 is 0 Å². The van der Waals surface area contributed by atoms with Crippen LogP contribution in [0.1, 0.15) is 53.4 Å². The number of carbonyl (C=O) groups is 1. The smallest absolute Gasteiger partial charge is 0.257 e. The molecular weight excluding hydrogens is 284 g/mol. The second-order valence-corrected chi connectivity index (χ2v) is 6.19. The molecule has 3 heterocycles. The van der Waals surface area contributed by atoms with Gasteiger partial charge in [-0.25, -0.2) is 0 Å². The Labute approximate surface area is 127 Å². The second-order valence-electron chi connectivity index (χ2n) is 6.19. The van der Waals surface area contributed by atoms with Gasteiger partial charge in [0, 0.05) is 12.5 Å². The summed E-state index contributed by atoms with van der Waals surface area (Å²) in [5.41, 5.74) is -0.0174.